The molecule has 0 saturated carbocycles. The molecule has 28 heavy (non-hydrogen) atoms. The van der Waals surface area contributed by atoms with Crippen LogP contribution in [0.1, 0.15) is 12.5 Å². The molecule has 0 bridgehead atoms. The predicted octanol–water partition coefficient (Wildman–Crippen LogP) is 1.52. The van der Waals surface area contributed by atoms with Gasteiger partial charge in [-0.1, -0.05) is 0 Å². The molecule has 0 atom stereocenters. The van der Waals surface area contributed by atoms with E-state index in [0.717, 1.165) is 11.3 Å². The Hall–Kier alpha value is -2.91. The minimum Gasteiger partial charge on any atom is -0.497 e. The van der Waals surface area contributed by atoms with Gasteiger partial charge >= 0.3 is 0 Å². The Kier molecular flexibility index (Phi) is 5.66. The molecule has 2 N–H and O–H groups in total. The van der Waals surface area contributed by atoms with E-state index in [2.05, 4.69) is 10.0 Å². The van der Waals surface area contributed by atoms with Crippen LogP contribution in [0.3, 0.4) is 0 Å². The van der Waals surface area contributed by atoms with Gasteiger partial charge in [0.15, 0.2) is 0 Å². The number of carbonyl (C=O) groups excluding carboxylic acids is 2. The standard InChI is InChI=1S/C19H21N3O5S/c1-13(23)22-10-9-14-11-15(3-8-18(14)22)21-19(24)12-20-28(25,26)17-6-4-16(27-2)5-7-17/h3-8,11,20H,9-10,12H2,1-2H3,(H,21,24). The number of rotatable bonds is 6. The number of benzene rings is 2. The number of amides is 2. The second-order valence-electron chi connectivity index (χ2n) is 6.31. The zero-order valence-electron chi connectivity index (χ0n) is 15.6. The maximum atomic E-state index is 12.3. The number of hydrogen-bond donors (Lipinski definition) is 2. The van der Waals surface area contributed by atoms with E-state index in [1.165, 1.54) is 38.3 Å². The number of sulfonamides is 1. The van der Waals surface area contributed by atoms with Crippen molar-refractivity contribution in [2.75, 3.05) is 30.4 Å². The molecule has 0 unspecified atom stereocenters. The van der Waals surface area contributed by atoms with Gasteiger partial charge in [-0.05, 0) is 54.4 Å². The molecule has 0 aromatic heterocycles. The van der Waals surface area contributed by atoms with Gasteiger partial charge in [-0.3, -0.25) is 9.59 Å². The van der Waals surface area contributed by atoms with Crippen molar-refractivity contribution in [1.29, 1.82) is 0 Å². The van der Waals surface area contributed by atoms with E-state index in [-0.39, 0.29) is 10.8 Å². The van der Waals surface area contributed by atoms with E-state index in [9.17, 15) is 18.0 Å². The van der Waals surface area contributed by atoms with E-state index in [0.29, 0.717) is 24.4 Å². The molecule has 2 aromatic carbocycles. The number of methoxy groups -OCH3 is 1. The van der Waals surface area contributed by atoms with E-state index in [1.54, 1.807) is 23.1 Å². The number of anilines is 2. The fourth-order valence-electron chi connectivity index (χ4n) is 3.01. The number of nitrogens with one attached hydrogen (secondary N) is 2. The number of nitrogens with zero attached hydrogens (tertiary/aromatic N) is 1. The van der Waals surface area contributed by atoms with Crippen molar-refractivity contribution in [3.05, 3.63) is 48.0 Å². The van der Waals surface area contributed by atoms with Gasteiger partial charge in [-0.25, -0.2) is 13.1 Å². The Morgan fingerprint density at radius 2 is 1.86 bits per heavy atom. The quantitative estimate of drug-likeness (QED) is 0.761. The fraction of sp³-hybridized carbons (Fsp3) is 0.263. The van der Waals surface area contributed by atoms with Gasteiger partial charge in [-0.2, -0.15) is 0 Å². The molecule has 3 rings (SSSR count). The molecular formula is C19H21N3O5S. The van der Waals surface area contributed by atoms with Crippen LogP contribution in [-0.2, 0) is 26.0 Å². The Bertz CT molecular complexity index is 1000. The van der Waals surface area contributed by atoms with E-state index in [4.69, 9.17) is 4.74 Å². The molecule has 0 aliphatic carbocycles. The zero-order chi connectivity index (χ0) is 20.3. The highest BCUT2D eigenvalue weighted by Gasteiger charge is 2.22. The molecule has 9 heteroatoms. The summed E-state index contributed by atoms with van der Waals surface area (Å²) < 4.78 is 31.8. The summed E-state index contributed by atoms with van der Waals surface area (Å²) in [6.45, 7) is 1.73. The first kappa shape index (κ1) is 19.8. The van der Waals surface area contributed by atoms with Gasteiger partial charge in [0.25, 0.3) is 0 Å². The Morgan fingerprint density at radius 1 is 1.14 bits per heavy atom. The third kappa shape index (κ3) is 4.32. The fourth-order valence-corrected chi connectivity index (χ4v) is 3.99. The van der Waals surface area contributed by atoms with Crippen molar-refractivity contribution < 1.29 is 22.7 Å². The van der Waals surface area contributed by atoms with Crippen LogP contribution in [0.15, 0.2) is 47.4 Å². The van der Waals surface area contributed by atoms with Gasteiger partial charge in [0, 0.05) is 24.8 Å². The van der Waals surface area contributed by atoms with Crippen LogP contribution >= 0.6 is 0 Å². The molecule has 0 spiro atoms. The lowest BCUT2D eigenvalue weighted by atomic mass is 10.1. The van der Waals surface area contributed by atoms with Crippen LogP contribution in [-0.4, -0.2) is 40.4 Å². The van der Waals surface area contributed by atoms with Crippen molar-refractivity contribution in [1.82, 2.24) is 4.72 Å². The second-order valence-corrected chi connectivity index (χ2v) is 8.08. The van der Waals surface area contributed by atoms with Gasteiger partial charge in [-0.15, -0.1) is 0 Å². The van der Waals surface area contributed by atoms with Crippen molar-refractivity contribution in [3.8, 4) is 5.75 Å². The lowest BCUT2D eigenvalue weighted by molar-refractivity contribution is -0.116. The number of ether oxygens (including phenoxy) is 1. The van der Waals surface area contributed by atoms with Crippen LogP contribution in [0.4, 0.5) is 11.4 Å². The van der Waals surface area contributed by atoms with E-state index in [1.807, 2.05) is 0 Å². The van der Waals surface area contributed by atoms with Crippen LogP contribution in [0.5, 0.6) is 5.75 Å². The van der Waals surface area contributed by atoms with Gasteiger partial charge in [0.05, 0.1) is 18.6 Å². The molecule has 2 amide bonds. The normalized spacial score (nSPS) is 13.1. The van der Waals surface area contributed by atoms with Gasteiger partial charge in [0.1, 0.15) is 5.75 Å². The van der Waals surface area contributed by atoms with E-state index < -0.39 is 22.5 Å². The van der Waals surface area contributed by atoms with Crippen molar-refractivity contribution >= 4 is 33.2 Å². The first-order valence-electron chi connectivity index (χ1n) is 8.65. The molecule has 0 radical (unpaired) electrons. The lowest BCUT2D eigenvalue weighted by Gasteiger charge is -2.15. The Balaban J connectivity index is 1.60. The summed E-state index contributed by atoms with van der Waals surface area (Å²) in [4.78, 5) is 25.5. The summed E-state index contributed by atoms with van der Waals surface area (Å²) in [5, 5.41) is 2.67. The van der Waals surface area contributed by atoms with Gasteiger partial charge < -0.3 is 15.0 Å². The highest BCUT2D eigenvalue weighted by Crippen LogP contribution is 2.30. The largest absolute Gasteiger partial charge is 0.497 e. The van der Waals surface area contributed by atoms with Crippen LogP contribution < -0.4 is 19.7 Å². The molecular weight excluding hydrogens is 382 g/mol. The summed E-state index contributed by atoms with van der Waals surface area (Å²) in [6, 6.07) is 11.1. The number of fused-ring (bicyclic) bond motifs is 1. The maximum absolute atomic E-state index is 12.3. The average Bonchev–Trinajstić information content (AvgIpc) is 3.10. The topological polar surface area (TPSA) is 105 Å². The summed E-state index contributed by atoms with van der Waals surface area (Å²) in [6.07, 6.45) is 0.711. The highest BCUT2D eigenvalue weighted by molar-refractivity contribution is 7.89. The van der Waals surface area contributed by atoms with Crippen molar-refractivity contribution in [2.45, 2.75) is 18.2 Å². The van der Waals surface area contributed by atoms with Gasteiger partial charge in [0.2, 0.25) is 21.8 Å². The summed E-state index contributed by atoms with van der Waals surface area (Å²) in [7, 11) is -2.32. The lowest BCUT2D eigenvalue weighted by Crippen LogP contribution is -2.32. The Morgan fingerprint density at radius 3 is 2.50 bits per heavy atom. The van der Waals surface area contributed by atoms with Crippen LogP contribution in [0.25, 0.3) is 0 Å². The second kappa shape index (κ2) is 7.99. The zero-order valence-corrected chi connectivity index (χ0v) is 16.4. The summed E-state index contributed by atoms with van der Waals surface area (Å²) in [5.74, 6) is 0.0265. The summed E-state index contributed by atoms with van der Waals surface area (Å²) in [5.41, 5.74) is 2.36. The molecule has 1 aliphatic heterocycles. The van der Waals surface area contributed by atoms with Crippen molar-refractivity contribution in [2.24, 2.45) is 0 Å². The first-order chi connectivity index (χ1) is 13.3. The molecule has 2 aromatic rings. The molecule has 148 valence electrons. The number of carbonyl (C=O) groups is 2. The maximum Gasteiger partial charge on any atom is 0.241 e. The molecule has 1 heterocycles. The summed E-state index contributed by atoms with van der Waals surface area (Å²) >= 11 is 0. The molecule has 0 fully saturated rings. The minimum atomic E-state index is -3.81. The SMILES string of the molecule is COc1ccc(S(=O)(=O)NCC(=O)Nc2ccc3c(c2)CCN3C(C)=O)cc1. The average molecular weight is 403 g/mol. The predicted molar refractivity (Wildman–Crippen MR) is 105 cm³/mol. The minimum absolute atomic E-state index is 0.0246. The smallest absolute Gasteiger partial charge is 0.241 e. The highest BCUT2D eigenvalue weighted by atomic mass is 32.2. The molecule has 0 saturated heterocycles. The Labute approximate surface area is 163 Å². The van der Waals surface area contributed by atoms with E-state index >= 15 is 0 Å². The molecule has 8 nitrogen and oxygen atoms in total. The number of hydrogen-bond acceptors (Lipinski definition) is 5. The third-order valence-corrected chi connectivity index (χ3v) is 5.85. The van der Waals surface area contributed by atoms with Crippen LogP contribution in [0, 0.1) is 0 Å². The third-order valence-electron chi connectivity index (χ3n) is 4.43. The van der Waals surface area contributed by atoms with Crippen LogP contribution in [0.2, 0.25) is 0 Å². The molecule has 1 aliphatic rings. The first-order valence-corrected chi connectivity index (χ1v) is 10.1. The monoisotopic (exact) mass is 403 g/mol. The van der Waals surface area contributed by atoms with Crippen molar-refractivity contribution in [3.63, 3.8) is 0 Å².